The third kappa shape index (κ3) is 7.72. The van der Waals surface area contributed by atoms with E-state index in [-0.39, 0.29) is 23.3 Å². The molecular formula is C19H19Cl2N3O3S. The number of ether oxygens (including phenoxy) is 1. The molecule has 0 radical (unpaired) electrons. The van der Waals surface area contributed by atoms with Crippen LogP contribution in [0.2, 0.25) is 10.0 Å². The van der Waals surface area contributed by atoms with E-state index >= 15 is 0 Å². The predicted molar refractivity (Wildman–Crippen MR) is 116 cm³/mol. The van der Waals surface area contributed by atoms with E-state index in [0.717, 1.165) is 0 Å². The van der Waals surface area contributed by atoms with Gasteiger partial charge in [0, 0.05) is 29.7 Å². The highest BCUT2D eigenvalue weighted by atomic mass is 35.5. The van der Waals surface area contributed by atoms with Crippen LogP contribution in [0.4, 0.5) is 11.4 Å². The van der Waals surface area contributed by atoms with Gasteiger partial charge in [0.2, 0.25) is 11.8 Å². The van der Waals surface area contributed by atoms with E-state index in [1.807, 2.05) is 0 Å². The van der Waals surface area contributed by atoms with Crippen molar-refractivity contribution >= 4 is 63.7 Å². The van der Waals surface area contributed by atoms with Crippen LogP contribution in [0.1, 0.15) is 19.8 Å². The van der Waals surface area contributed by atoms with Gasteiger partial charge in [-0.25, -0.2) is 0 Å². The van der Waals surface area contributed by atoms with Gasteiger partial charge in [-0.1, -0.05) is 23.2 Å². The van der Waals surface area contributed by atoms with Crippen molar-refractivity contribution in [2.45, 2.75) is 19.8 Å². The second-order valence-electron chi connectivity index (χ2n) is 5.79. The Balaban J connectivity index is 1.69. The summed E-state index contributed by atoms with van der Waals surface area (Å²) in [5, 5.41) is 9.33. The molecule has 6 nitrogen and oxygen atoms in total. The maximum absolute atomic E-state index is 12.0. The summed E-state index contributed by atoms with van der Waals surface area (Å²) in [6.45, 7) is 1.77. The van der Waals surface area contributed by atoms with Gasteiger partial charge in [-0.3, -0.25) is 9.59 Å². The topological polar surface area (TPSA) is 79.5 Å². The molecule has 9 heteroatoms. The molecule has 0 saturated heterocycles. The lowest BCUT2D eigenvalue weighted by Gasteiger charge is -2.11. The lowest BCUT2D eigenvalue weighted by Crippen LogP contribution is -2.34. The molecule has 148 valence electrons. The van der Waals surface area contributed by atoms with Gasteiger partial charge in [0.1, 0.15) is 5.75 Å². The van der Waals surface area contributed by atoms with Crippen LogP contribution in [0.15, 0.2) is 42.5 Å². The Bertz CT molecular complexity index is 860. The Morgan fingerprint density at radius 1 is 1.04 bits per heavy atom. The fourth-order valence-corrected chi connectivity index (χ4v) is 2.89. The van der Waals surface area contributed by atoms with Gasteiger partial charge >= 0.3 is 0 Å². The van der Waals surface area contributed by atoms with Crippen molar-refractivity contribution in [1.82, 2.24) is 5.32 Å². The number of benzene rings is 2. The van der Waals surface area contributed by atoms with Crippen LogP contribution in [-0.2, 0) is 9.59 Å². The molecule has 0 aromatic heterocycles. The molecule has 0 atom stereocenters. The lowest BCUT2D eigenvalue weighted by atomic mass is 10.3. The van der Waals surface area contributed by atoms with E-state index in [4.69, 9.17) is 40.2 Å². The van der Waals surface area contributed by atoms with Crippen LogP contribution in [-0.4, -0.2) is 23.5 Å². The van der Waals surface area contributed by atoms with Gasteiger partial charge in [-0.2, -0.15) is 0 Å². The summed E-state index contributed by atoms with van der Waals surface area (Å²) in [7, 11) is 0. The van der Waals surface area contributed by atoms with E-state index in [0.29, 0.717) is 40.2 Å². The smallest absolute Gasteiger partial charge is 0.226 e. The third-order valence-corrected chi connectivity index (χ3v) is 4.15. The molecule has 2 aromatic rings. The summed E-state index contributed by atoms with van der Waals surface area (Å²) in [6, 6.07) is 11.9. The molecule has 2 rings (SSSR count). The van der Waals surface area contributed by atoms with E-state index in [9.17, 15) is 9.59 Å². The van der Waals surface area contributed by atoms with Crippen LogP contribution in [0.3, 0.4) is 0 Å². The van der Waals surface area contributed by atoms with Crippen LogP contribution in [0.5, 0.6) is 5.75 Å². The predicted octanol–water partition coefficient (Wildman–Crippen LogP) is 4.62. The van der Waals surface area contributed by atoms with E-state index in [1.54, 1.807) is 42.5 Å². The number of nitrogens with one attached hydrogen (secondary N) is 3. The number of hydrogen-bond donors (Lipinski definition) is 3. The van der Waals surface area contributed by atoms with Gasteiger partial charge in [-0.05, 0) is 61.1 Å². The van der Waals surface area contributed by atoms with Crippen molar-refractivity contribution in [3.8, 4) is 5.75 Å². The Hall–Kier alpha value is -2.35. The third-order valence-electron chi connectivity index (χ3n) is 3.42. The number of carbonyl (C=O) groups excluding carboxylic acids is 2. The fourth-order valence-electron chi connectivity index (χ4n) is 2.20. The fraction of sp³-hybridized carbons (Fsp3) is 0.211. The zero-order valence-corrected chi connectivity index (χ0v) is 17.4. The largest absolute Gasteiger partial charge is 0.492 e. The van der Waals surface area contributed by atoms with Gasteiger partial charge in [0.25, 0.3) is 0 Å². The maximum Gasteiger partial charge on any atom is 0.226 e. The number of hydrogen-bond acceptors (Lipinski definition) is 4. The first kappa shape index (κ1) is 21.9. The van der Waals surface area contributed by atoms with Crippen molar-refractivity contribution in [2.75, 3.05) is 17.2 Å². The Labute approximate surface area is 178 Å². The zero-order chi connectivity index (χ0) is 20.5. The van der Waals surface area contributed by atoms with E-state index < -0.39 is 0 Å². The van der Waals surface area contributed by atoms with Gasteiger partial charge in [0.05, 0.1) is 11.6 Å². The lowest BCUT2D eigenvalue weighted by molar-refractivity contribution is -0.120. The first-order valence-corrected chi connectivity index (χ1v) is 9.56. The monoisotopic (exact) mass is 439 g/mol. The first-order chi connectivity index (χ1) is 13.3. The molecule has 28 heavy (non-hydrogen) atoms. The molecule has 0 unspecified atom stereocenters. The normalized spacial score (nSPS) is 10.1. The average molecular weight is 440 g/mol. The van der Waals surface area contributed by atoms with Crippen LogP contribution in [0, 0.1) is 0 Å². The molecular weight excluding hydrogens is 421 g/mol. The first-order valence-electron chi connectivity index (χ1n) is 8.40. The minimum Gasteiger partial charge on any atom is -0.492 e. The van der Waals surface area contributed by atoms with E-state index in [1.165, 1.54) is 6.92 Å². The van der Waals surface area contributed by atoms with Crippen molar-refractivity contribution in [3.05, 3.63) is 52.5 Å². The van der Waals surface area contributed by atoms with Crippen LogP contribution in [0.25, 0.3) is 0 Å². The summed E-state index contributed by atoms with van der Waals surface area (Å²) in [6.07, 6.45) is 0.743. The molecule has 0 aliphatic rings. The highest BCUT2D eigenvalue weighted by Gasteiger charge is 2.07. The minimum atomic E-state index is -0.224. The van der Waals surface area contributed by atoms with Crippen molar-refractivity contribution in [1.29, 1.82) is 0 Å². The quantitative estimate of drug-likeness (QED) is 0.433. The molecule has 0 bridgehead atoms. The van der Waals surface area contributed by atoms with Crippen molar-refractivity contribution in [2.24, 2.45) is 0 Å². The molecule has 3 N–H and O–H groups in total. The van der Waals surface area contributed by atoms with Gasteiger partial charge in [-0.15, -0.1) is 0 Å². The summed E-state index contributed by atoms with van der Waals surface area (Å²) in [5.74, 6) is 0.148. The maximum atomic E-state index is 12.0. The Kier molecular flexibility index (Phi) is 8.50. The van der Waals surface area contributed by atoms with Gasteiger partial charge in [0.15, 0.2) is 5.11 Å². The second-order valence-corrected chi connectivity index (χ2v) is 7.04. The van der Waals surface area contributed by atoms with Crippen LogP contribution >= 0.6 is 35.4 Å². The Morgan fingerprint density at radius 2 is 1.68 bits per heavy atom. The number of halogens is 2. The average Bonchev–Trinajstić information content (AvgIpc) is 2.61. The second kappa shape index (κ2) is 10.8. The Morgan fingerprint density at radius 3 is 2.29 bits per heavy atom. The van der Waals surface area contributed by atoms with Gasteiger partial charge < -0.3 is 20.7 Å². The summed E-state index contributed by atoms with van der Waals surface area (Å²) >= 11 is 17.0. The molecule has 2 aromatic carbocycles. The van der Waals surface area contributed by atoms with Crippen molar-refractivity contribution < 1.29 is 14.3 Å². The molecule has 0 aliphatic heterocycles. The SMILES string of the molecule is CC(=O)Nc1ccc(NC(=S)NC(=O)CCCOc2ccc(Cl)cc2Cl)cc1. The molecule has 0 aliphatic carbocycles. The highest BCUT2D eigenvalue weighted by Crippen LogP contribution is 2.27. The van der Waals surface area contributed by atoms with Crippen LogP contribution < -0.4 is 20.7 Å². The molecule has 0 saturated carbocycles. The number of rotatable bonds is 7. The summed E-state index contributed by atoms with van der Waals surface area (Å²) in [5.41, 5.74) is 1.37. The molecule has 0 spiro atoms. The van der Waals surface area contributed by atoms with E-state index in [2.05, 4.69) is 16.0 Å². The zero-order valence-electron chi connectivity index (χ0n) is 15.1. The number of thiocarbonyl (C=S) groups is 1. The number of carbonyl (C=O) groups is 2. The van der Waals surface area contributed by atoms with Crippen molar-refractivity contribution in [3.63, 3.8) is 0 Å². The standard InChI is InChI=1S/C19H19Cl2N3O3S/c1-12(25)22-14-5-7-15(8-6-14)23-19(28)24-18(26)3-2-10-27-17-9-4-13(20)11-16(17)21/h4-9,11H,2-3,10H2,1H3,(H,22,25)(H2,23,24,26,28). The molecule has 2 amide bonds. The number of anilines is 2. The summed E-state index contributed by atoms with van der Waals surface area (Å²) < 4.78 is 5.53. The highest BCUT2D eigenvalue weighted by molar-refractivity contribution is 7.80. The summed E-state index contributed by atoms with van der Waals surface area (Å²) in [4.78, 5) is 23.0. The molecule has 0 heterocycles. The molecule has 0 fully saturated rings. The minimum absolute atomic E-state index is 0.147. The number of amides is 2.